The van der Waals surface area contributed by atoms with Gasteiger partial charge in [-0.25, -0.2) is 0 Å². The number of carbonyl (C=O) groups is 1. The van der Waals surface area contributed by atoms with Crippen molar-refractivity contribution in [3.8, 4) is 11.5 Å². The van der Waals surface area contributed by atoms with Crippen molar-refractivity contribution in [1.29, 1.82) is 0 Å². The van der Waals surface area contributed by atoms with E-state index < -0.39 is 0 Å². The molecule has 1 aromatic rings. The summed E-state index contributed by atoms with van der Waals surface area (Å²) in [4.78, 5) is 8.00. The maximum absolute atomic E-state index is 8.67. The van der Waals surface area contributed by atoms with E-state index in [0.29, 0.717) is 0 Å². The molecule has 1 aromatic carbocycles. The highest BCUT2D eigenvalue weighted by Gasteiger charge is 1.90. The third kappa shape index (κ3) is 2.17. The first-order valence-corrected chi connectivity index (χ1v) is 2.56. The third-order valence-electron chi connectivity index (χ3n) is 0.882. The second kappa shape index (κ2) is 4.38. The highest BCUT2D eigenvalue weighted by molar-refractivity contribution is 5.36. The van der Waals surface area contributed by atoms with Gasteiger partial charge in [-0.15, -0.1) is 0 Å². The van der Waals surface area contributed by atoms with Gasteiger partial charge in [0.25, 0.3) is 0 Å². The number of hydrogen-bond donors (Lipinski definition) is 2. The normalized spacial score (nSPS) is 7.60. The van der Waals surface area contributed by atoms with Crippen molar-refractivity contribution in [1.82, 2.24) is 0 Å². The molecule has 0 amide bonds. The maximum Gasteiger partial charge on any atom is 0.157 e. The van der Waals surface area contributed by atoms with Gasteiger partial charge in [-0.3, -0.25) is 0 Å². The second-order valence-electron chi connectivity index (χ2n) is 1.49. The fourth-order valence-electron chi connectivity index (χ4n) is 0.464. The largest absolute Gasteiger partial charge is 0.504 e. The summed E-state index contributed by atoms with van der Waals surface area (Å²) in [6.07, 6.45) is 0. The number of hydrogen-bond acceptors (Lipinski definition) is 3. The number of benzene rings is 1. The van der Waals surface area contributed by atoms with Crippen LogP contribution in [0.3, 0.4) is 0 Å². The standard InChI is InChI=1S/C6H6O2.CH2O/c7-5-3-1-2-4-6(5)8;1-2/h1-4,7-8H;1H2. The van der Waals surface area contributed by atoms with Crippen LogP contribution in [0.1, 0.15) is 0 Å². The Kier molecular flexibility index (Phi) is 3.72. The Morgan fingerprint density at radius 3 is 1.50 bits per heavy atom. The maximum atomic E-state index is 8.67. The van der Waals surface area contributed by atoms with Crippen molar-refractivity contribution in [3.05, 3.63) is 24.3 Å². The van der Waals surface area contributed by atoms with Crippen LogP contribution in [0.5, 0.6) is 11.5 Å². The highest BCUT2D eigenvalue weighted by atomic mass is 16.3. The molecule has 0 spiro atoms. The van der Waals surface area contributed by atoms with E-state index in [-0.39, 0.29) is 11.5 Å². The first-order chi connectivity index (χ1) is 4.80. The first-order valence-electron chi connectivity index (χ1n) is 2.56. The Morgan fingerprint density at radius 2 is 1.30 bits per heavy atom. The van der Waals surface area contributed by atoms with Gasteiger partial charge in [0.15, 0.2) is 11.5 Å². The van der Waals surface area contributed by atoms with Gasteiger partial charge in [-0.1, -0.05) is 12.1 Å². The summed E-state index contributed by atoms with van der Waals surface area (Å²) >= 11 is 0. The topological polar surface area (TPSA) is 57.5 Å². The zero-order chi connectivity index (χ0) is 7.98. The first kappa shape index (κ1) is 8.49. The summed E-state index contributed by atoms with van der Waals surface area (Å²) in [6, 6.07) is 6.15. The van der Waals surface area contributed by atoms with Crippen molar-refractivity contribution >= 4 is 6.79 Å². The second-order valence-corrected chi connectivity index (χ2v) is 1.49. The molecule has 1 rings (SSSR count). The van der Waals surface area contributed by atoms with Crippen LogP contribution in [0, 0.1) is 0 Å². The smallest absolute Gasteiger partial charge is 0.157 e. The molecule has 0 aliphatic carbocycles. The van der Waals surface area contributed by atoms with Crippen LogP contribution >= 0.6 is 0 Å². The molecule has 0 aliphatic rings. The monoisotopic (exact) mass is 140 g/mol. The number of para-hydroxylation sites is 2. The average Bonchev–Trinajstić information content (AvgIpc) is 2.00. The Labute approximate surface area is 58.6 Å². The molecular weight excluding hydrogens is 132 g/mol. The summed E-state index contributed by atoms with van der Waals surface area (Å²) < 4.78 is 0. The van der Waals surface area contributed by atoms with Crippen molar-refractivity contribution in [2.45, 2.75) is 0 Å². The lowest BCUT2D eigenvalue weighted by Crippen LogP contribution is -1.63. The molecular formula is C7H8O3. The van der Waals surface area contributed by atoms with E-state index in [4.69, 9.17) is 15.0 Å². The molecule has 0 heterocycles. The Balaban J connectivity index is 0.000000371. The van der Waals surface area contributed by atoms with E-state index in [2.05, 4.69) is 0 Å². The van der Waals surface area contributed by atoms with Crippen LogP contribution in [-0.4, -0.2) is 17.0 Å². The lowest BCUT2D eigenvalue weighted by Gasteiger charge is -1.91. The molecule has 0 radical (unpaired) electrons. The molecule has 3 nitrogen and oxygen atoms in total. The van der Waals surface area contributed by atoms with Gasteiger partial charge < -0.3 is 15.0 Å². The van der Waals surface area contributed by atoms with E-state index in [1.54, 1.807) is 12.1 Å². The van der Waals surface area contributed by atoms with Crippen LogP contribution in [0.2, 0.25) is 0 Å². The van der Waals surface area contributed by atoms with E-state index in [9.17, 15) is 0 Å². The minimum atomic E-state index is -0.0764. The van der Waals surface area contributed by atoms with E-state index in [1.165, 1.54) is 12.1 Å². The lowest BCUT2D eigenvalue weighted by atomic mass is 10.3. The van der Waals surface area contributed by atoms with Crippen molar-refractivity contribution in [2.24, 2.45) is 0 Å². The SMILES string of the molecule is C=O.Oc1ccccc1O. The van der Waals surface area contributed by atoms with Crippen LogP contribution in [0.4, 0.5) is 0 Å². The van der Waals surface area contributed by atoms with Gasteiger partial charge in [-0.2, -0.15) is 0 Å². The van der Waals surface area contributed by atoms with Crippen LogP contribution in [0.25, 0.3) is 0 Å². The number of aromatic hydroxyl groups is 2. The van der Waals surface area contributed by atoms with E-state index in [1.807, 2.05) is 6.79 Å². The third-order valence-corrected chi connectivity index (χ3v) is 0.882. The summed E-state index contributed by atoms with van der Waals surface area (Å²) in [5.74, 6) is -0.153. The lowest BCUT2D eigenvalue weighted by molar-refractivity contribution is -0.0979. The van der Waals surface area contributed by atoms with Gasteiger partial charge in [0.1, 0.15) is 6.79 Å². The molecule has 0 bridgehead atoms. The molecule has 3 heteroatoms. The zero-order valence-electron chi connectivity index (χ0n) is 5.32. The molecule has 2 N–H and O–H groups in total. The van der Waals surface area contributed by atoms with Crippen molar-refractivity contribution in [2.75, 3.05) is 0 Å². The van der Waals surface area contributed by atoms with Crippen LogP contribution in [-0.2, 0) is 4.79 Å². The summed E-state index contributed by atoms with van der Waals surface area (Å²) in [7, 11) is 0. The molecule has 0 saturated carbocycles. The predicted molar refractivity (Wildman–Crippen MR) is 36.9 cm³/mol. The zero-order valence-corrected chi connectivity index (χ0v) is 5.32. The molecule has 0 aliphatic heterocycles. The molecule has 54 valence electrons. The molecule has 0 aromatic heterocycles. The van der Waals surface area contributed by atoms with Crippen molar-refractivity contribution < 1.29 is 15.0 Å². The minimum absolute atomic E-state index is 0.0764. The molecule has 0 fully saturated rings. The summed E-state index contributed by atoms with van der Waals surface area (Å²) in [6.45, 7) is 2.00. The van der Waals surface area contributed by atoms with Crippen LogP contribution in [0.15, 0.2) is 24.3 Å². The van der Waals surface area contributed by atoms with E-state index >= 15 is 0 Å². The summed E-state index contributed by atoms with van der Waals surface area (Å²) in [5.41, 5.74) is 0. The number of carbonyl (C=O) groups excluding carboxylic acids is 1. The quantitative estimate of drug-likeness (QED) is 0.526. The predicted octanol–water partition coefficient (Wildman–Crippen LogP) is 0.913. The van der Waals surface area contributed by atoms with Gasteiger partial charge in [0.2, 0.25) is 0 Å². The highest BCUT2D eigenvalue weighted by Crippen LogP contribution is 2.21. The fourth-order valence-corrected chi connectivity index (χ4v) is 0.464. The number of phenols is 2. The summed E-state index contributed by atoms with van der Waals surface area (Å²) in [5, 5.41) is 17.3. The average molecular weight is 140 g/mol. The Hall–Kier alpha value is -1.51. The van der Waals surface area contributed by atoms with Gasteiger partial charge in [-0.05, 0) is 12.1 Å². The molecule has 0 atom stereocenters. The van der Waals surface area contributed by atoms with Gasteiger partial charge >= 0.3 is 0 Å². The van der Waals surface area contributed by atoms with Gasteiger partial charge in [0, 0.05) is 0 Å². The van der Waals surface area contributed by atoms with E-state index in [0.717, 1.165) is 0 Å². The minimum Gasteiger partial charge on any atom is -0.504 e. The number of phenolic OH excluding ortho intramolecular Hbond substituents is 2. The number of rotatable bonds is 0. The molecule has 0 saturated heterocycles. The molecule has 0 unspecified atom stereocenters. The fraction of sp³-hybridized carbons (Fsp3) is 0. The van der Waals surface area contributed by atoms with Crippen LogP contribution < -0.4 is 0 Å². The van der Waals surface area contributed by atoms with Gasteiger partial charge in [0.05, 0.1) is 0 Å². The van der Waals surface area contributed by atoms with Crippen molar-refractivity contribution in [3.63, 3.8) is 0 Å². The molecule has 10 heavy (non-hydrogen) atoms. The Morgan fingerprint density at radius 1 is 1.00 bits per heavy atom. The Bertz CT molecular complexity index is 177.